The summed E-state index contributed by atoms with van der Waals surface area (Å²) in [5.41, 5.74) is 4.17. The first-order valence-electron chi connectivity index (χ1n) is 9.14. The van der Waals surface area contributed by atoms with Gasteiger partial charge in [-0.25, -0.2) is 4.98 Å². The molecule has 6 heteroatoms. The number of hydrogen-bond acceptors (Lipinski definition) is 5. The van der Waals surface area contributed by atoms with Crippen molar-refractivity contribution in [1.29, 1.82) is 0 Å². The number of methoxy groups -OCH3 is 1. The van der Waals surface area contributed by atoms with E-state index < -0.39 is 6.10 Å². The van der Waals surface area contributed by atoms with Gasteiger partial charge in [-0.15, -0.1) is 0 Å². The number of fused-ring (bicyclic) bond motifs is 1. The molecule has 1 atom stereocenters. The first kappa shape index (κ1) is 20.9. The fraction of sp³-hybridized carbons (Fsp3) is 0.429. The summed E-state index contributed by atoms with van der Waals surface area (Å²) in [5, 5.41) is 3.22. The highest BCUT2D eigenvalue weighted by atomic mass is 16.5. The van der Waals surface area contributed by atoms with Crippen LogP contribution in [0.2, 0.25) is 0 Å². The monoisotopic (exact) mass is 370 g/mol. The minimum Gasteiger partial charge on any atom is -0.369 e. The van der Waals surface area contributed by atoms with E-state index in [9.17, 15) is 4.79 Å². The van der Waals surface area contributed by atoms with Crippen LogP contribution in [-0.2, 0) is 9.53 Å². The second kappa shape index (κ2) is 9.48. The summed E-state index contributed by atoms with van der Waals surface area (Å²) in [6.07, 6.45) is 4.43. The molecule has 0 saturated carbocycles. The molecule has 0 fully saturated rings. The molecule has 1 heterocycles. The first-order valence-corrected chi connectivity index (χ1v) is 9.14. The Morgan fingerprint density at radius 2 is 2.19 bits per heavy atom. The lowest BCUT2D eigenvalue weighted by molar-refractivity contribution is -0.121. The van der Waals surface area contributed by atoms with Crippen molar-refractivity contribution >= 4 is 22.5 Å². The molecule has 0 radical (unpaired) electrons. The van der Waals surface area contributed by atoms with Crippen molar-refractivity contribution in [2.45, 2.75) is 32.9 Å². The van der Waals surface area contributed by atoms with Crippen LogP contribution in [0.25, 0.3) is 11.0 Å². The van der Waals surface area contributed by atoms with Crippen LogP contribution in [0.15, 0.2) is 48.8 Å². The molecule has 2 rings (SSSR count). The molecule has 0 aliphatic rings. The number of para-hydroxylation sites is 1. The third-order valence-corrected chi connectivity index (χ3v) is 4.44. The number of nitrogens with one attached hydrogen (secondary N) is 1. The van der Waals surface area contributed by atoms with Crippen LogP contribution in [0.1, 0.15) is 26.8 Å². The van der Waals surface area contributed by atoms with Gasteiger partial charge in [0.2, 0.25) is 0 Å². The Morgan fingerprint density at radius 1 is 1.44 bits per heavy atom. The number of imidazole rings is 1. The normalized spacial score (nSPS) is 13.2. The molecule has 0 bridgehead atoms. The maximum atomic E-state index is 11.9. The number of ether oxygens (including phenoxy) is 1. The van der Waals surface area contributed by atoms with Gasteiger partial charge in [-0.2, -0.15) is 0 Å². The smallest absolute Gasteiger partial charge is 0.187 e. The third-order valence-electron chi connectivity index (χ3n) is 4.44. The van der Waals surface area contributed by atoms with Gasteiger partial charge in [0.25, 0.3) is 0 Å². The van der Waals surface area contributed by atoms with E-state index in [1.54, 1.807) is 0 Å². The van der Waals surface area contributed by atoms with E-state index in [2.05, 4.69) is 58.4 Å². The Labute approximate surface area is 161 Å². The largest absolute Gasteiger partial charge is 0.369 e. The molecule has 1 N–H and O–H groups in total. The summed E-state index contributed by atoms with van der Waals surface area (Å²) in [5.74, 6) is -0.144. The molecule has 6 nitrogen and oxygen atoms in total. The zero-order chi connectivity index (χ0) is 20.0. The van der Waals surface area contributed by atoms with Crippen molar-refractivity contribution in [2.24, 2.45) is 0 Å². The summed E-state index contributed by atoms with van der Waals surface area (Å²) in [6.45, 7) is 11.1. The topological polar surface area (TPSA) is 59.4 Å². The minimum atomic E-state index is -0.602. The van der Waals surface area contributed by atoms with Crippen molar-refractivity contribution in [1.82, 2.24) is 14.9 Å². The summed E-state index contributed by atoms with van der Waals surface area (Å²) in [7, 11) is 3.44. The molecule has 1 unspecified atom stereocenters. The fourth-order valence-electron chi connectivity index (χ4n) is 3.12. The number of aromatic nitrogens is 2. The van der Waals surface area contributed by atoms with E-state index in [-0.39, 0.29) is 5.78 Å². The Hall–Kier alpha value is -2.44. The van der Waals surface area contributed by atoms with Crippen LogP contribution in [0.5, 0.6) is 0 Å². The van der Waals surface area contributed by atoms with Crippen LogP contribution < -0.4 is 10.2 Å². The van der Waals surface area contributed by atoms with Gasteiger partial charge in [-0.1, -0.05) is 18.2 Å². The summed E-state index contributed by atoms with van der Waals surface area (Å²) in [4.78, 5) is 18.7. The van der Waals surface area contributed by atoms with Gasteiger partial charge in [0.1, 0.15) is 11.6 Å². The van der Waals surface area contributed by atoms with E-state index in [4.69, 9.17) is 4.74 Å². The van der Waals surface area contributed by atoms with Crippen molar-refractivity contribution in [3.8, 4) is 0 Å². The van der Waals surface area contributed by atoms with E-state index in [1.165, 1.54) is 13.2 Å². The van der Waals surface area contributed by atoms with E-state index in [0.717, 1.165) is 22.3 Å². The average Bonchev–Trinajstić information content (AvgIpc) is 3.09. The zero-order valence-corrected chi connectivity index (χ0v) is 16.9. The highest BCUT2D eigenvalue weighted by Gasteiger charge is 2.16. The van der Waals surface area contributed by atoms with Gasteiger partial charge < -0.3 is 19.5 Å². The van der Waals surface area contributed by atoms with Crippen molar-refractivity contribution in [3.63, 3.8) is 0 Å². The van der Waals surface area contributed by atoms with Gasteiger partial charge >= 0.3 is 0 Å². The summed E-state index contributed by atoms with van der Waals surface area (Å²) in [6, 6.07) is 6.57. The molecule has 146 valence electrons. The van der Waals surface area contributed by atoms with E-state index in [0.29, 0.717) is 19.3 Å². The molecule has 0 aliphatic carbocycles. The number of rotatable bonds is 10. The van der Waals surface area contributed by atoms with Gasteiger partial charge in [-0.05, 0) is 52.1 Å². The maximum Gasteiger partial charge on any atom is 0.187 e. The van der Waals surface area contributed by atoms with E-state index >= 15 is 0 Å². The molecule has 27 heavy (non-hydrogen) atoms. The Bertz CT molecular complexity index is 823. The van der Waals surface area contributed by atoms with Crippen LogP contribution in [0.4, 0.5) is 5.69 Å². The molecule has 1 aromatic carbocycles. The lowest BCUT2D eigenvalue weighted by Gasteiger charge is -2.26. The molecule has 0 amide bonds. The summed E-state index contributed by atoms with van der Waals surface area (Å²) >= 11 is 0. The standard InChI is InChI=1S/C21H30N4O2/c1-7-19(26)20(27-6)11-16(4)12-24(13-22-5)17-9-8-10-18-21(17)23-14-25(18)15(2)3/h7-11,14-15,20,22H,1,12-13H2,2-6H3/b16-11+. The van der Waals surface area contributed by atoms with Gasteiger partial charge in [0, 0.05) is 19.7 Å². The van der Waals surface area contributed by atoms with Gasteiger partial charge in [0.05, 0.1) is 24.2 Å². The molecule has 1 aromatic heterocycles. The second-order valence-corrected chi connectivity index (χ2v) is 6.88. The number of ketones is 1. The van der Waals surface area contributed by atoms with Crippen molar-refractivity contribution in [2.75, 3.05) is 32.3 Å². The van der Waals surface area contributed by atoms with Crippen LogP contribution in [0, 0.1) is 0 Å². The van der Waals surface area contributed by atoms with Crippen LogP contribution >= 0.6 is 0 Å². The minimum absolute atomic E-state index is 0.144. The van der Waals surface area contributed by atoms with E-state index in [1.807, 2.05) is 26.4 Å². The third kappa shape index (κ3) is 4.84. The Morgan fingerprint density at radius 3 is 2.78 bits per heavy atom. The Balaban J connectivity index is 2.36. The van der Waals surface area contributed by atoms with Crippen molar-refractivity contribution < 1.29 is 9.53 Å². The van der Waals surface area contributed by atoms with Gasteiger partial charge in [0.15, 0.2) is 5.78 Å². The SMILES string of the molecule is C=CC(=O)C(/C=C(\C)CN(CNC)c1cccc2c1ncn2C(C)C)OC. The average molecular weight is 370 g/mol. The number of hydrogen-bond donors (Lipinski definition) is 1. The Kier molecular flexibility index (Phi) is 7.33. The van der Waals surface area contributed by atoms with Crippen LogP contribution in [0.3, 0.4) is 0 Å². The zero-order valence-electron chi connectivity index (χ0n) is 16.9. The molecule has 0 aliphatic heterocycles. The number of anilines is 1. The van der Waals surface area contributed by atoms with Gasteiger partial charge in [-0.3, -0.25) is 4.79 Å². The highest BCUT2D eigenvalue weighted by molar-refractivity contribution is 5.94. The fourth-order valence-corrected chi connectivity index (χ4v) is 3.12. The highest BCUT2D eigenvalue weighted by Crippen LogP contribution is 2.27. The molecular formula is C21H30N4O2. The second-order valence-electron chi connectivity index (χ2n) is 6.88. The number of carbonyl (C=O) groups is 1. The quantitative estimate of drug-likeness (QED) is 0.395. The predicted molar refractivity (Wildman–Crippen MR) is 111 cm³/mol. The molecule has 0 spiro atoms. The molecule has 0 saturated heterocycles. The first-order chi connectivity index (χ1) is 12.9. The maximum absolute atomic E-state index is 11.9. The predicted octanol–water partition coefficient (Wildman–Crippen LogP) is 3.32. The molecule has 2 aromatic rings. The van der Waals surface area contributed by atoms with Crippen molar-refractivity contribution in [3.05, 3.63) is 48.8 Å². The molecular weight excluding hydrogens is 340 g/mol. The lowest BCUT2D eigenvalue weighted by Crippen LogP contribution is -2.34. The number of nitrogens with zero attached hydrogens (tertiary/aromatic N) is 3. The lowest BCUT2D eigenvalue weighted by atomic mass is 10.1. The summed E-state index contributed by atoms with van der Waals surface area (Å²) < 4.78 is 7.44. The van der Waals surface area contributed by atoms with Crippen LogP contribution in [-0.4, -0.2) is 48.8 Å². The number of carbonyl (C=O) groups excluding carboxylic acids is 1. The number of benzene rings is 1.